The summed E-state index contributed by atoms with van der Waals surface area (Å²) < 4.78 is 1.31. The van der Waals surface area contributed by atoms with Crippen LogP contribution < -0.4 is 5.32 Å². The van der Waals surface area contributed by atoms with Crippen LogP contribution in [0, 0.1) is 5.92 Å². The number of thiophene rings is 1. The van der Waals surface area contributed by atoms with Gasteiger partial charge >= 0.3 is 0 Å². The number of rotatable bonds is 3. The Morgan fingerprint density at radius 3 is 2.87 bits per heavy atom. The summed E-state index contributed by atoms with van der Waals surface area (Å²) in [5, 5.41) is 8.10. The number of hydrogen-bond acceptors (Lipinski definition) is 2. The van der Waals surface area contributed by atoms with Gasteiger partial charge in [0.1, 0.15) is 0 Å². The molecular weight excluding hydrogens is 270 g/mol. The van der Waals surface area contributed by atoms with Crippen LogP contribution in [0.15, 0.2) is 15.2 Å². The van der Waals surface area contributed by atoms with Crippen LogP contribution in [0.2, 0.25) is 0 Å². The van der Waals surface area contributed by atoms with E-state index in [2.05, 4.69) is 45.9 Å². The molecule has 3 heteroatoms. The molecule has 0 saturated heterocycles. The molecule has 15 heavy (non-hydrogen) atoms. The molecule has 1 heterocycles. The fourth-order valence-electron chi connectivity index (χ4n) is 2.71. The molecule has 1 aromatic rings. The van der Waals surface area contributed by atoms with E-state index in [9.17, 15) is 0 Å². The van der Waals surface area contributed by atoms with Crippen LogP contribution in [0.1, 0.15) is 38.2 Å². The smallest absolute Gasteiger partial charge is 0.0317 e. The van der Waals surface area contributed by atoms with Crippen LogP contribution in [0.3, 0.4) is 0 Å². The summed E-state index contributed by atoms with van der Waals surface area (Å²) in [5.41, 5.74) is 1.52. The van der Waals surface area contributed by atoms with Gasteiger partial charge in [0.2, 0.25) is 0 Å². The first-order valence-electron chi connectivity index (χ1n) is 5.69. The summed E-state index contributed by atoms with van der Waals surface area (Å²) in [6.45, 7) is 5.67. The van der Waals surface area contributed by atoms with Crippen LogP contribution in [-0.4, -0.2) is 12.6 Å². The van der Waals surface area contributed by atoms with Gasteiger partial charge in [-0.1, -0.05) is 13.8 Å². The third kappa shape index (κ3) is 2.29. The zero-order valence-electron chi connectivity index (χ0n) is 9.29. The van der Waals surface area contributed by atoms with E-state index in [1.165, 1.54) is 22.9 Å². The summed E-state index contributed by atoms with van der Waals surface area (Å²) in [5.74, 6) is 1.51. The standard InChI is InChI=1S/C12H18BrNS/c1-3-14-12-5-4-9(8(12)2)10-6-15-7-11(10)13/h6-9,12,14H,3-5H2,1-2H3. The van der Waals surface area contributed by atoms with Crippen LogP contribution in [0.5, 0.6) is 0 Å². The minimum Gasteiger partial charge on any atom is -0.314 e. The van der Waals surface area contributed by atoms with Crippen LogP contribution in [0.25, 0.3) is 0 Å². The van der Waals surface area contributed by atoms with Gasteiger partial charge in [-0.05, 0) is 58.1 Å². The minimum atomic E-state index is 0.715. The Balaban J connectivity index is 2.10. The first-order valence-corrected chi connectivity index (χ1v) is 7.42. The predicted octanol–water partition coefficient (Wildman–Crippen LogP) is 4.00. The second-order valence-electron chi connectivity index (χ2n) is 4.38. The Bertz CT molecular complexity index is 323. The molecule has 0 aliphatic heterocycles. The second-order valence-corrected chi connectivity index (χ2v) is 5.98. The molecule has 3 unspecified atom stereocenters. The maximum atomic E-state index is 3.65. The molecule has 0 aromatic carbocycles. The first kappa shape index (κ1) is 11.6. The lowest BCUT2D eigenvalue weighted by atomic mass is 9.91. The van der Waals surface area contributed by atoms with Crippen molar-refractivity contribution in [2.24, 2.45) is 5.92 Å². The van der Waals surface area contributed by atoms with Gasteiger partial charge in [-0.3, -0.25) is 0 Å². The lowest BCUT2D eigenvalue weighted by Crippen LogP contribution is -2.32. The number of halogens is 1. The Labute approximate surface area is 104 Å². The van der Waals surface area contributed by atoms with Crippen LogP contribution in [0.4, 0.5) is 0 Å². The SMILES string of the molecule is CCNC1CCC(c2cscc2Br)C1C. The third-order valence-corrected chi connectivity index (χ3v) is 5.32. The van der Waals surface area contributed by atoms with Gasteiger partial charge in [0.15, 0.2) is 0 Å². The van der Waals surface area contributed by atoms with Crippen LogP contribution in [-0.2, 0) is 0 Å². The van der Waals surface area contributed by atoms with Crippen LogP contribution >= 0.6 is 27.3 Å². The highest BCUT2D eigenvalue weighted by Gasteiger charge is 2.34. The number of hydrogen-bond donors (Lipinski definition) is 1. The Morgan fingerprint density at radius 2 is 2.27 bits per heavy atom. The van der Waals surface area contributed by atoms with Crippen molar-refractivity contribution in [3.05, 3.63) is 20.8 Å². The molecular formula is C12H18BrNS. The number of nitrogens with one attached hydrogen (secondary N) is 1. The second kappa shape index (κ2) is 4.98. The van der Waals surface area contributed by atoms with Gasteiger partial charge in [0.25, 0.3) is 0 Å². The van der Waals surface area contributed by atoms with E-state index in [1.807, 2.05) is 0 Å². The maximum absolute atomic E-state index is 3.65. The highest BCUT2D eigenvalue weighted by atomic mass is 79.9. The summed E-state index contributed by atoms with van der Waals surface area (Å²) in [6, 6.07) is 0.715. The highest BCUT2D eigenvalue weighted by molar-refractivity contribution is 9.10. The van der Waals surface area contributed by atoms with Gasteiger partial charge in [0, 0.05) is 15.9 Å². The largest absolute Gasteiger partial charge is 0.314 e. The summed E-state index contributed by atoms with van der Waals surface area (Å²) in [4.78, 5) is 0. The molecule has 2 rings (SSSR count). The normalized spacial score (nSPS) is 31.0. The molecule has 1 aliphatic carbocycles. The van der Waals surface area contributed by atoms with E-state index in [-0.39, 0.29) is 0 Å². The van der Waals surface area contributed by atoms with Crippen molar-refractivity contribution in [2.75, 3.05) is 6.54 Å². The van der Waals surface area contributed by atoms with E-state index < -0.39 is 0 Å². The van der Waals surface area contributed by atoms with Gasteiger partial charge in [-0.2, -0.15) is 11.3 Å². The average molecular weight is 288 g/mol. The van der Waals surface area contributed by atoms with E-state index in [1.54, 1.807) is 11.3 Å². The van der Waals surface area contributed by atoms with Crippen molar-refractivity contribution in [2.45, 2.75) is 38.6 Å². The third-order valence-electron chi connectivity index (χ3n) is 3.57. The lowest BCUT2D eigenvalue weighted by Gasteiger charge is -2.21. The molecule has 3 atom stereocenters. The van der Waals surface area contributed by atoms with Crippen molar-refractivity contribution >= 4 is 27.3 Å². The summed E-state index contributed by atoms with van der Waals surface area (Å²) in [7, 11) is 0. The molecule has 1 nitrogen and oxygen atoms in total. The maximum Gasteiger partial charge on any atom is 0.0317 e. The molecule has 1 aliphatic rings. The Kier molecular flexibility index (Phi) is 3.86. The fourth-order valence-corrected chi connectivity index (χ4v) is 4.37. The minimum absolute atomic E-state index is 0.715. The van der Waals surface area contributed by atoms with Gasteiger partial charge in [-0.15, -0.1) is 0 Å². The lowest BCUT2D eigenvalue weighted by molar-refractivity contribution is 0.412. The van der Waals surface area contributed by atoms with E-state index >= 15 is 0 Å². The molecule has 0 bridgehead atoms. The monoisotopic (exact) mass is 287 g/mol. The zero-order valence-corrected chi connectivity index (χ0v) is 11.7. The van der Waals surface area contributed by atoms with Crippen molar-refractivity contribution in [1.82, 2.24) is 5.32 Å². The molecule has 1 N–H and O–H groups in total. The highest BCUT2D eigenvalue weighted by Crippen LogP contribution is 2.43. The average Bonchev–Trinajstić information content (AvgIpc) is 2.76. The summed E-state index contributed by atoms with van der Waals surface area (Å²) in [6.07, 6.45) is 2.65. The molecule has 1 fully saturated rings. The Hall–Kier alpha value is 0.140. The molecule has 0 amide bonds. The van der Waals surface area contributed by atoms with Gasteiger partial charge in [0.05, 0.1) is 0 Å². The van der Waals surface area contributed by atoms with Crippen molar-refractivity contribution < 1.29 is 0 Å². The van der Waals surface area contributed by atoms with E-state index in [4.69, 9.17) is 0 Å². The van der Waals surface area contributed by atoms with E-state index in [0.29, 0.717) is 6.04 Å². The molecule has 0 radical (unpaired) electrons. The molecule has 84 valence electrons. The molecule has 1 saturated carbocycles. The predicted molar refractivity (Wildman–Crippen MR) is 70.6 cm³/mol. The Morgan fingerprint density at radius 1 is 1.47 bits per heavy atom. The van der Waals surface area contributed by atoms with Crippen molar-refractivity contribution in [3.8, 4) is 0 Å². The molecule has 0 spiro atoms. The summed E-state index contributed by atoms with van der Waals surface area (Å²) >= 11 is 5.46. The molecule has 1 aromatic heterocycles. The first-order chi connectivity index (χ1) is 7.24. The fraction of sp³-hybridized carbons (Fsp3) is 0.667. The van der Waals surface area contributed by atoms with Crippen molar-refractivity contribution in [1.29, 1.82) is 0 Å². The van der Waals surface area contributed by atoms with Gasteiger partial charge in [-0.25, -0.2) is 0 Å². The topological polar surface area (TPSA) is 12.0 Å². The van der Waals surface area contributed by atoms with Gasteiger partial charge < -0.3 is 5.32 Å². The quantitative estimate of drug-likeness (QED) is 0.886. The van der Waals surface area contributed by atoms with Crippen molar-refractivity contribution in [3.63, 3.8) is 0 Å². The zero-order chi connectivity index (χ0) is 10.8. The van der Waals surface area contributed by atoms with E-state index in [0.717, 1.165) is 18.4 Å².